The number of rotatable bonds is 5. The Hall–Kier alpha value is -2.29. The summed E-state index contributed by atoms with van der Waals surface area (Å²) in [7, 11) is -2.56. The van der Waals surface area contributed by atoms with Crippen molar-refractivity contribution in [1.29, 1.82) is 0 Å². The van der Waals surface area contributed by atoms with E-state index in [1.54, 1.807) is 20.8 Å². The summed E-state index contributed by atoms with van der Waals surface area (Å²) in [5.41, 5.74) is -0.713. The lowest BCUT2D eigenvalue weighted by atomic mass is 10.2. The topological polar surface area (TPSA) is 111 Å². The van der Waals surface area contributed by atoms with E-state index in [0.29, 0.717) is 5.75 Å². The van der Waals surface area contributed by atoms with E-state index in [4.69, 9.17) is 9.47 Å². The number of hydrogen-bond acceptors (Lipinski definition) is 6. The van der Waals surface area contributed by atoms with E-state index >= 15 is 0 Å². The molecule has 0 spiro atoms. The molecule has 1 aromatic carbocycles. The first-order valence-electron chi connectivity index (χ1n) is 6.70. The minimum absolute atomic E-state index is 0.0936. The molecule has 0 bridgehead atoms. The molecule has 2 amide bonds. The number of ether oxygens (including phenoxy) is 2. The smallest absolute Gasteiger partial charge is 0.408 e. The molecule has 0 fully saturated rings. The van der Waals surface area contributed by atoms with E-state index in [1.165, 1.54) is 31.4 Å². The monoisotopic (exact) mass is 344 g/mol. The number of benzene rings is 1. The van der Waals surface area contributed by atoms with Crippen molar-refractivity contribution in [3.63, 3.8) is 0 Å². The molecular formula is C14H20N2O6S. The Balaban J connectivity index is 2.60. The zero-order valence-electron chi connectivity index (χ0n) is 13.4. The molecule has 9 heteroatoms. The summed E-state index contributed by atoms with van der Waals surface area (Å²) in [5, 5.41) is 2.17. The number of nitrogens with one attached hydrogen (secondary N) is 2. The first-order chi connectivity index (χ1) is 10.5. The molecule has 1 aromatic rings. The fourth-order valence-electron chi connectivity index (χ4n) is 1.47. The van der Waals surface area contributed by atoms with Gasteiger partial charge in [-0.1, -0.05) is 0 Å². The average molecular weight is 344 g/mol. The highest BCUT2D eigenvalue weighted by molar-refractivity contribution is 7.90. The fourth-order valence-corrected chi connectivity index (χ4v) is 2.45. The molecule has 8 nitrogen and oxygen atoms in total. The van der Waals surface area contributed by atoms with Crippen molar-refractivity contribution in [2.24, 2.45) is 0 Å². The normalized spacial score (nSPS) is 11.5. The van der Waals surface area contributed by atoms with Crippen LogP contribution in [0, 0.1) is 0 Å². The Kier molecular flexibility index (Phi) is 5.97. The molecule has 0 saturated heterocycles. The summed E-state index contributed by atoms with van der Waals surface area (Å²) in [6.07, 6.45) is -0.811. The predicted molar refractivity (Wildman–Crippen MR) is 82.6 cm³/mol. The van der Waals surface area contributed by atoms with Crippen molar-refractivity contribution in [1.82, 2.24) is 10.0 Å². The van der Waals surface area contributed by atoms with E-state index in [-0.39, 0.29) is 4.90 Å². The van der Waals surface area contributed by atoms with Gasteiger partial charge in [-0.3, -0.25) is 4.79 Å². The zero-order chi connectivity index (χ0) is 17.7. The van der Waals surface area contributed by atoms with E-state index < -0.39 is 34.2 Å². The van der Waals surface area contributed by atoms with Crippen LogP contribution in [0.1, 0.15) is 20.8 Å². The maximum atomic E-state index is 12.0. The summed E-state index contributed by atoms with van der Waals surface area (Å²) in [6, 6.07) is 5.52. The number of hydrogen-bond donors (Lipinski definition) is 2. The van der Waals surface area contributed by atoms with Crippen LogP contribution in [0.15, 0.2) is 29.2 Å². The first kappa shape index (κ1) is 18.8. The molecule has 0 aliphatic rings. The second kappa shape index (κ2) is 7.32. The second-order valence-corrected chi connectivity index (χ2v) is 7.24. The Morgan fingerprint density at radius 3 is 2.17 bits per heavy atom. The fraction of sp³-hybridized carbons (Fsp3) is 0.429. The molecule has 0 saturated carbocycles. The van der Waals surface area contributed by atoms with Gasteiger partial charge in [0, 0.05) is 0 Å². The van der Waals surface area contributed by atoms with E-state index in [9.17, 15) is 18.0 Å². The van der Waals surface area contributed by atoms with Gasteiger partial charge in [0.1, 0.15) is 17.9 Å². The van der Waals surface area contributed by atoms with Gasteiger partial charge >= 0.3 is 6.09 Å². The van der Waals surface area contributed by atoms with Crippen molar-refractivity contribution in [3.8, 4) is 5.75 Å². The van der Waals surface area contributed by atoms with Crippen LogP contribution in [0.2, 0.25) is 0 Å². The highest BCUT2D eigenvalue weighted by Gasteiger charge is 2.20. The van der Waals surface area contributed by atoms with E-state index in [1.807, 2.05) is 4.72 Å². The standard InChI is InChI=1S/C14H20N2O6S/c1-14(2,3)22-13(18)15-9-12(17)16-23(19,20)11-7-5-10(21-4)6-8-11/h5-8H,9H2,1-4H3,(H,15,18)(H,16,17). The van der Waals surface area contributed by atoms with Crippen molar-refractivity contribution in [2.45, 2.75) is 31.3 Å². The molecule has 0 aliphatic heterocycles. The third-order valence-corrected chi connectivity index (χ3v) is 3.80. The minimum atomic E-state index is -4.01. The lowest BCUT2D eigenvalue weighted by molar-refractivity contribution is -0.118. The molecule has 0 atom stereocenters. The molecule has 23 heavy (non-hydrogen) atoms. The zero-order valence-corrected chi connectivity index (χ0v) is 14.2. The number of carbonyl (C=O) groups excluding carboxylic acids is 2. The number of methoxy groups -OCH3 is 1. The van der Waals surface area contributed by atoms with Crippen LogP contribution in [0.25, 0.3) is 0 Å². The highest BCUT2D eigenvalue weighted by Crippen LogP contribution is 2.15. The SMILES string of the molecule is COc1ccc(S(=O)(=O)NC(=O)CNC(=O)OC(C)(C)C)cc1. The maximum Gasteiger partial charge on any atom is 0.408 e. The Morgan fingerprint density at radius 1 is 1.13 bits per heavy atom. The van der Waals surface area contributed by atoms with Gasteiger partial charge in [0.05, 0.1) is 12.0 Å². The van der Waals surface area contributed by atoms with Crippen LogP contribution in [0.4, 0.5) is 4.79 Å². The minimum Gasteiger partial charge on any atom is -0.497 e. The van der Waals surface area contributed by atoms with Crippen LogP contribution < -0.4 is 14.8 Å². The predicted octanol–water partition coefficient (Wildman–Crippen LogP) is 1.02. The molecule has 1 rings (SSSR count). The van der Waals surface area contributed by atoms with Crippen LogP contribution >= 0.6 is 0 Å². The van der Waals surface area contributed by atoms with Crippen LogP contribution in [0.5, 0.6) is 5.75 Å². The van der Waals surface area contributed by atoms with E-state index in [2.05, 4.69) is 5.32 Å². The van der Waals surface area contributed by atoms with Gasteiger partial charge < -0.3 is 14.8 Å². The number of amides is 2. The Morgan fingerprint density at radius 2 is 1.70 bits per heavy atom. The van der Waals surface area contributed by atoms with Crippen LogP contribution in [-0.2, 0) is 19.6 Å². The molecule has 0 radical (unpaired) electrons. The van der Waals surface area contributed by atoms with Crippen molar-refractivity contribution >= 4 is 22.0 Å². The molecule has 0 unspecified atom stereocenters. The van der Waals surface area contributed by atoms with Gasteiger partial charge in [0.25, 0.3) is 15.9 Å². The summed E-state index contributed by atoms with van der Waals surface area (Å²) in [4.78, 5) is 22.9. The second-order valence-electron chi connectivity index (χ2n) is 5.56. The first-order valence-corrected chi connectivity index (χ1v) is 8.18. The van der Waals surface area contributed by atoms with Crippen molar-refractivity contribution in [3.05, 3.63) is 24.3 Å². The number of alkyl carbamates (subject to hydrolysis) is 1. The van der Waals surface area contributed by atoms with Gasteiger partial charge in [-0.05, 0) is 45.0 Å². The molecule has 0 aliphatic carbocycles. The quantitative estimate of drug-likeness (QED) is 0.825. The average Bonchev–Trinajstić information content (AvgIpc) is 2.43. The Labute approximate surface area is 135 Å². The van der Waals surface area contributed by atoms with Gasteiger partial charge in [-0.15, -0.1) is 0 Å². The summed E-state index contributed by atoms with van der Waals surface area (Å²) in [6.45, 7) is 4.48. The molecule has 0 aromatic heterocycles. The molecule has 2 N–H and O–H groups in total. The molecule has 128 valence electrons. The van der Waals surface area contributed by atoms with Crippen molar-refractivity contribution < 1.29 is 27.5 Å². The maximum absolute atomic E-state index is 12.0. The van der Waals surface area contributed by atoms with E-state index in [0.717, 1.165) is 0 Å². The van der Waals surface area contributed by atoms with Crippen LogP contribution in [-0.4, -0.2) is 39.7 Å². The highest BCUT2D eigenvalue weighted by atomic mass is 32.2. The molecule has 0 heterocycles. The van der Waals surface area contributed by atoms with Gasteiger partial charge in [0.2, 0.25) is 0 Å². The van der Waals surface area contributed by atoms with Gasteiger partial charge in [-0.2, -0.15) is 0 Å². The van der Waals surface area contributed by atoms with Crippen LogP contribution in [0.3, 0.4) is 0 Å². The van der Waals surface area contributed by atoms with Gasteiger partial charge in [0.15, 0.2) is 0 Å². The van der Waals surface area contributed by atoms with Crippen molar-refractivity contribution in [2.75, 3.05) is 13.7 Å². The number of sulfonamides is 1. The largest absolute Gasteiger partial charge is 0.497 e. The van der Waals surface area contributed by atoms with Gasteiger partial charge in [-0.25, -0.2) is 17.9 Å². The number of carbonyl (C=O) groups is 2. The molecular weight excluding hydrogens is 324 g/mol. The Bertz CT molecular complexity index is 662. The summed E-state index contributed by atoms with van der Waals surface area (Å²) >= 11 is 0. The third-order valence-electron chi connectivity index (χ3n) is 2.41. The summed E-state index contributed by atoms with van der Waals surface area (Å²) in [5.74, 6) is -0.395. The lowest BCUT2D eigenvalue weighted by Crippen LogP contribution is -2.41. The lowest BCUT2D eigenvalue weighted by Gasteiger charge is -2.19. The summed E-state index contributed by atoms with van der Waals surface area (Å²) < 4.78 is 35.7. The third kappa shape index (κ3) is 6.55.